The molecule has 3 rings (SSSR count). The van der Waals surface area contributed by atoms with Gasteiger partial charge in [-0.15, -0.1) is 0 Å². The number of hydrogen-bond donors (Lipinski definition) is 1. The molecule has 2 heterocycles. The maximum absolute atomic E-state index is 12.8. The van der Waals surface area contributed by atoms with Gasteiger partial charge in [-0.1, -0.05) is 13.3 Å². The summed E-state index contributed by atoms with van der Waals surface area (Å²) in [5, 5.41) is 2.87. The van der Waals surface area contributed by atoms with E-state index in [9.17, 15) is 13.2 Å². The topological polar surface area (TPSA) is 69.7 Å². The molecule has 1 saturated heterocycles. The lowest BCUT2D eigenvalue weighted by Crippen LogP contribution is -2.39. The molecule has 6 nitrogen and oxygen atoms in total. The van der Waals surface area contributed by atoms with E-state index in [1.807, 2.05) is 6.92 Å². The van der Waals surface area contributed by atoms with Crippen molar-refractivity contribution >= 4 is 21.7 Å². The second kappa shape index (κ2) is 7.11. The average molecular weight is 351 g/mol. The Morgan fingerprint density at radius 2 is 1.92 bits per heavy atom. The largest absolute Gasteiger partial charge is 0.338 e. The molecule has 24 heavy (non-hydrogen) atoms. The summed E-state index contributed by atoms with van der Waals surface area (Å²) in [6.07, 6.45) is 4.53. The third kappa shape index (κ3) is 3.28. The van der Waals surface area contributed by atoms with Gasteiger partial charge in [0.05, 0.1) is 4.90 Å². The summed E-state index contributed by atoms with van der Waals surface area (Å²) in [5.41, 5.74) is 1.75. The van der Waals surface area contributed by atoms with Crippen molar-refractivity contribution in [3.05, 3.63) is 23.8 Å². The van der Waals surface area contributed by atoms with Crippen molar-refractivity contribution < 1.29 is 13.2 Å². The summed E-state index contributed by atoms with van der Waals surface area (Å²) in [6, 6.07) is 5.04. The van der Waals surface area contributed by atoms with Crippen molar-refractivity contribution in [3.63, 3.8) is 0 Å². The number of hydrogen-bond acceptors (Lipinski definition) is 3. The Morgan fingerprint density at radius 1 is 1.17 bits per heavy atom. The van der Waals surface area contributed by atoms with Crippen LogP contribution in [0.4, 0.5) is 10.5 Å². The van der Waals surface area contributed by atoms with E-state index < -0.39 is 10.0 Å². The average Bonchev–Trinajstić information content (AvgIpc) is 3.03. The minimum Gasteiger partial charge on any atom is -0.338 e. The van der Waals surface area contributed by atoms with Gasteiger partial charge >= 0.3 is 6.03 Å². The first-order chi connectivity index (χ1) is 11.5. The highest BCUT2D eigenvalue weighted by atomic mass is 32.2. The molecule has 1 aromatic carbocycles. The van der Waals surface area contributed by atoms with Gasteiger partial charge in [-0.05, 0) is 49.4 Å². The molecule has 0 saturated carbocycles. The van der Waals surface area contributed by atoms with Gasteiger partial charge in [0.15, 0.2) is 0 Å². The number of sulfonamides is 1. The zero-order valence-corrected chi connectivity index (χ0v) is 14.9. The smallest absolute Gasteiger partial charge is 0.321 e. The lowest BCUT2D eigenvalue weighted by molar-refractivity contribution is 0.247. The number of fused-ring (bicyclic) bond motifs is 1. The Bertz CT molecular complexity index is 712. The Labute approximate surface area is 143 Å². The number of nitrogens with one attached hydrogen (secondary N) is 1. The molecule has 2 aliphatic heterocycles. The first-order valence-electron chi connectivity index (χ1n) is 8.72. The summed E-state index contributed by atoms with van der Waals surface area (Å²) >= 11 is 0. The van der Waals surface area contributed by atoms with Gasteiger partial charge < -0.3 is 5.32 Å². The summed E-state index contributed by atoms with van der Waals surface area (Å²) in [5.74, 6) is 0. The molecule has 0 aromatic heterocycles. The Morgan fingerprint density at radius 3 is 2.62 bits per heavy atom. The van der Waals surface area contributed by atoms with E-state index in [0.717, 1.165) is 36.9 Å². The van der Waals surface area contributed by atoms with Crippen LogP contribution < -0.4 is 10.2 Å². The number of benzene rings is 1. The van der Waals surface area contributed by atoms with E-state index in [0.29, 0.717) is 37.5 Å². The van der Waals surface area contributed by atoms with Crippen molar-refractivity contribution in [1.82, 2.24) is 9.62 Å². The highest BCUT2D eigenvalue weighted by Gasteiger charge is 2.29. The lowest BCUT2D eigenvalue weighted by atomic mass is 10.2. The standard InChI is InChI=1S/C17H25N3O3S/c1-2-9-18-17(21)20-12-8-14-13-15(6-7-16(14)20)24(22,23)19-10-4-3-5-11-19/h6-7,13H,2-5,8-12H2,1H3,(H,18,21). The highest BCUT2D eigenvalue weighted by molar-refractivity contribution is 7.89. The summed E-state index contributed by atoms with van der Waals surface area (Å²) in [7, 11) is -3.42. The van der Waals surface area contributed by atoms with Crippen LogP contribution in [-0.4, -0.2) is 44.9 Å². The fourth-order valence-electron chi connectivity index (χ4n) is 3.33. The molecule has 0 unspecified atom stereocenters. The van der Waals surface area contributed by atoms with Crippen LogP contribution >= 0.6 is 0 Å². The highest BCUT2D eigenvalue weighted by Crippen LogP contribution is 2.31. The van der Waals surface area contributed by atoms with Gasteiger partial charge in [-0.3, -0.25) is 4.90 Å². The third-order valence-electron chi connectivity index (χ3n) is 4.67. The predicted octanol–water partition coefficient (Wildman–Crippen LogP) is 2.34. The number of urea groups is 1. The van der Waals surface area contributed by atoms with Crippen molar-refractivity contribution in [2.24, 2.45) is 0 Å². The number of carbonyl (C=O) groups excluding carboxylic acids is 1. The van der Waals surface area contributed by atoms with Crippen molar-refractivity contribution in [1.29, 1.82) is 0 Å². The summed E-state index contributed by atoms with van der Waals surface area (Å²) in [6.45, 7) is 4.45. The molecule has 7 heteroatoms. The summed E-state index contributed by atoms with van der Waals surface area (Å²) in [4.78, 5) is 14.2. The normalized spacial score (nSPS) is 18.5. The van der Waals surface area contributed by atoms with E-state index in [-0.39, 0.29) is 6.03 Å². The molecule has 0 bridgehead atoms. The number of amides is 2. The predicted molar refractivity (Wildman–Crippen MR) is 93.8 cm³/mol. The van der Waals surface area contributed by atoms with Crippen LogP contribution in [0, 0.1) is 0 Å². The maximum Gasteiger partial charge on any atom is 0.321 e. The van der Waals surface area contributed by atoms with Crippen LogP contribution in [0.2, 0.25) is 0 Å². The molecule has 2 amide bonds. The molecular weight excluding hydrogens is 326 g/mol. The third-order valence-corrected chi connectivity index (χ3v) is 6.57. The molecule has 1 N–H and O–H groups in total. The van der Waals surface area contributed by atoms with Crippen LogP contribution in [0.3, 0.4) is 0 Å². The van der Waals surface area contributed by atoms with Crippen LogP contribution in [-0.2, 0) is 16.4 Å². The number of anilines is 1. The monoisotopic (exact) mass is 351 g/mol. The summed E-state index contributed by atoms with van der Waals surface area (Å²) < 4.78 is 27.1. The molecule has 132 valence electrons. The van der Waals surface area contributed by atoms with Gasteiger partial charge in [-0.2, -0.15) is 4.31 Å². The first kappa shape index (κ1) is 17.2. The molecule has 2 aliphatic rings. The molecule has 0 radical (unpaired) electrons. The zero-order valence-electron chi connectivity index (χ0n) is 14.1. The fourth-order valence-corrected chi connectivity index (χ4v) is 4.90. The minimum absolute atomic E-state index is 0.109. The maximum atomic E-state index is 12.8. The van der Waals surface area contributed by atoms with Gasteiger partial charge in [0, 0.05) is 31.9 Å². The van der Waals surface area contributed by atoms with E-state index >= 15 is 0 Å². The fraction of sp³-hybridized carbons (Fsp3) is 0.588. The molecule has 1 aromatic rings. The Kier molecular flexibility index (Phi) is 5.10. The minimum atomic E-state index is -3.42. The number of carbonyl (C=O) groups is 1. The molecule has 1 fully saturated rings. The van der Waals surface area contributed by atoms with Crippen molar-refractivity contribution in [2.45, 2.75) is 43.9 Å². The van der Waals surface area contributed by atoms with Gasteiger partial charge in [0.2, 0.25) is 10.0 Å². The first-order valence-corrected chi connectivity index (χ1v) is 10.2. The Hall–Kier alpha value is -1.60. The number of rotatable bonds is 4. The van der Waals surface area contributed by atoms with Crippen molar-refractivity contribution in [2.75, 3.05) is 31.1 Å². The number of nitrogens with zero attached hydrogens (tertiary/aromatic N) is 2. The van der Waals surface area contributed by atoms with Gasteiger partial charge in [0.1, 0.15) is 0 Å². The molecule has 0 atom stereocenters. The molecular formula is C17H25N3O3S. The van der Waals surface area contributed by atoms with E-state index in [1.165, 1.54) is 0 Å². The molecule has 0 spiro atoms. The van der Waals surface area contributed by atoms with E-state index in [1.54, 1.807) is 27.4 Å². The zero-order chi connectivity index (χ0) is 17.2. The van der Waals surface area contributed by atoms with Crippen LogP contribution in [0.15, 0.2) is 23.1 Å². The lowest BCUT2D eigenvalue weighted by Gasteiger charge is -2.26. The second-order valence-electron chi connectivity index (χ2n) is 6.39. The van der Waals surface area contributed by atoms with Crippen LogP contribution in [0.1, 0.15) is 38.2 Å². The molecule has 0 aliphatic carbocycles. The number of piperidine rings is 1. The Balaban J connectivity index is 1.81. The van der Waals surface area contributed by atoms with Crippen LogP contribution in [0.25, 0.3) is 0 Å². The van der Waals surface area contributed by atoms with E-state index in [4.69, 9.17) is 0 Å². The van der Waals surface area contributed by atoms with Crippen LogP contribution in [0.5, 0.6) is 0 Å². The SMILES string of the molecule is CCCNC(=O)N1CCc2cc(S(=O)(=O)N3CCCCC3)ccc21. The van der Waals surface area contributed by atoms with Gasteiger partial charge in [0.25, 0.3) is 0 Å². The van der Waals surface area contributed by atoms with Gasteiger partial charge in [-0.25, -0.2) is 13.2 Å². The second-order valence-corrected chi connectivity index (χ2v) is 8.33. The quantitative estimate of drug-likeness (QED) is 0.905. The van der Waals surface area contributed by atoms with Crippen molar-refractivity contribution in [3.8, 4) is 0 Å². The van der Waals surface area contributed by atoms with E-state index in [2.05, 4.69) is 5.32 Å².